The van der Waals surface area contributed by atoms with E-state index in [-0.39, 0.29) is 0 Å². The van der Waals surface area contributed by atoms with Crippen molar-refractivity contribution >= 4 is 16.6 Å². The summed E-state index contributed by atoms with van der Waals surface area (Å²) < 4.78 is 5.09. The molecule has 0 amide bonds. The molecule has 3 rings (SSSR count). The van der Waals surface area contributed by atoms with E-state index >= 15 is 0 Å². The van der Waals surface area contributed by atoms with Crippen LogP contribution in [0.1, 0.15) is 0 Å². The van der Waals surface area contributed by atoms with Gasteiger partial charge in [-0.2, -0.15) is 0 Å². The van der Waals surface area contributed by atoms with Crippen LogP contribution in [0.4, 0.5) is 5.69 Å². The number of aromatic nitrogens is 2. The van der Waals surface area contributed by atoms with Gasteiger partial charge in [0.25, 0.3) is 0 Å². The molecule has 3 N–H and O–H groups in total. The third kappa shape index (κ3) is 1.19. The maximum absolute atomic E-state index is 5.73. The fraction of sp³-hybridized carbons (Fsp3) is 0. The summed E-state index contributed by atoms with van der Waals surface area (Å²) in [5.41, 5.74) is 8.32. The maximum Gasteiger partial charge on any atom is 0.189 e. The Hall–Kier alpha value is -2.23. The number of aromatic amines is 1. The number of anilines is 1. The first-order chi connectivity index (χ1) is 7.34. The number of benzene rings is 1. The monoisotopic (exact) mass is 199 g/mol. The Morgan fingerprint density at radius 1 is 1.27 bits per heavy atom. The molecule has 0 radical (unpaired) electrons. The highest BCUT2D eigenvalue weighted by molar-refractivity contribution is 5.85. The van der Waals surface area contributed by atoms with Crippen LogP contribution in [0.3, 0.4) is 0 Å². The Morgan fingerprint density at radius 2 is 2.20 bits per heavy atom. The molecule has 0 saturated heterocycles. The van der Waals surface area contributed by atoms with Gasteiger partial charge >= 0.3 is 0 Å². The van der Waals surface area contributed by atoms with Gasteiger partial charge in [0.1, 0.15) is 5.69 Å². The van der Waals surface area contributed by atoms with Gasteiger partial charge in [0.15, 0.2) is 5.76 Å². The van der Waals surface area contributed by atoms with Crippen LogP contribution < -0.4 is 5.73 Å². The Kier molecular flexibility index (Phi) is 1.56. The number of hydrogen-bond acceptors (Lipinski definition) is 3. The van der Waals surface area contributed by atoms with Crippen LogP contribution in [0.25, 0.3) is 22.2 Å². The van der Waals surface area contributed by atoms with E-state index in [4.69, 9.17) is 10.3 Å². The highest BCUT2D eigenvalue weighted by atomic mass is 16.5. The molecule has 0 fully saturated rings. The van der Waals surface area contributed by atoms with Crippen LogP contribution in [0.5, 0.6) is 0 Å². The first kappa shape index (κ1) is 8.11. The molecule has 0 atom stereocenters. The smallest absolute Gasteiger partial charge is 0.189 e. The zero-order valence-electron chi connectivity index (χ0n) is 7.90. The van der Waals surface area contributed by atoms with Crippen molar-refractivity contribution in [2.75, 3.05) is 5.73 Å². The largest absolute Gasteiger partial charge is 0.394 e. The standard InChI is InChI=1S/C11H9N3O/c12-9-6-14-15-11(9)8-1-2-10-7(5-8)3-4-13-10/h1-6,13H,12H2. The molecule has 2 aromatic heterocycles. The van der Waals surface area contributed by atoms with Gasteiger partial charge < -0.3 is 15.2 Å². The molecule has 1 aromatic carbocycles. The number of nitrogen functional groups attached to an aromatic ring is 1. The van der Waals surface area contributed by atoms with Crippen molar-refractivity contribution in [3.05, 3.63) is 36.7 Å². The van der Waals surface area contributed by atoms with E-state index in [0.29, 0.717) is 11.4 Å². The molecule has 74 valence electrons. The lowest BCUT2D eigenvalue weighted by Crippen LogP contribution is -1.84. The summed E-state index contributed by atoms with van der Waals surface area (Å²) in [5, 5.41) is 4.79. The highest BCUT2D eigenvalue weighted by Gasteiger charge is 2.08. The van der Waals surface area contributed by atoms with E-state index in [2.05, 4.69) is 10.1 Å². The van der Waals surface area contributed by atoms with Gasteiger partial charge in [0.2, 0.25) is 0 Å². The number of rotatable bonds is 1. The van der Waals surface area contributed by atoms with Crippen LogP contribution >= 0.6 is 0 Å². The molecule has 0 aliphatic heterocycles. The number of nitrogens with two attached hydrogens (primary N) is 1. The fourth-order valence-corrected chi connectivity index (χ4v) is 1.66. The lowest BCUT2D eigenvalue weighted by Gasteiger charge is -1.97. The van der Waals surface area contributed by atoms with Crippen LogP contribution in [0.2, 0.25) is 0 Å². The highest BCUT2D eigenvalue weighted by Crippen LogP contribution is 2.27. The van der Waals surface area contributed by atoms with E-state index in [9.17, 15) is 0 Å². The van der Waals surface area contributed by atoms with Gasteiger partial charge in [0, 0.05) is 22.7 Å². The molecular weight excluding hydrogens is 190 g/mol. The lowest BCUT2D eigenvalue weighted by molar-refractivity contribution is 0.432. The lowest BCUT2D eigenvalue weighted by atomic mass is 10.1. The van der Waals surface area contributed by atoms with Crippen LogP contribution in [0, 0.1) is 0 Å². The Morgan fingerprint density at radius 3 is 3.00 bits per heavy atom. The molecule has 0 saturated carbocycles. The van der Waals surface area contributed by atoms with Gasteiger partial charge in [0.05, 0.1) is 6.20 Å². The Bertz CT molecular complexity index is 609. The van der Waals surface area contributed by atoms with E-state index in [1.54, 1.807) is 0 Å². The molecule has 15 heavy (non-hydrogen) atoms. The van der Waals surface area contributed by atoms with E-state index in [1.165, 1.54) is 6.20 Å². The summed E-state index contributed by atoms with van der Waals surface area (Å²) in [4.78, 5) is 3.13. The van der Waals surface area contributed by atoms with Gasteiger partial charge in [-0.3, -0.25) is 0 Å². The summed E-state index contributed by atoms with van der Waals surface area (Å²) in [6, 6.07) is 7.97. The van der Waals surface area contributed by atoms with Crippen molar-refractivity contribution in [1.82, 2.24) is 10.1 Å². The summed E-state index contributed by atoms with van der Waals surface area (Å²) in [7, 11) is 0. The normalized spacial score (nSPS) is 10.9. The molecule has 4 nitrogen and oxygen atoms in total. The number of hydrogen-bond donors (Lipinski definition) is 2. The van der Waals surface area contributed by atoms with E-state index < -0.39 is 0 Å². The topological polar surface area (TPSA) is 67.8 Å². The van der Waals surface area contributed by atoms with Gasteiger partial charge in [-0.05, 0) is 24.3 Å². The van der Waals surface area contributed by atoms with Crippen LogP contribution in [-0.2, 0) is 0 Å². The second-order valence-corrected chi connectivity index (χ2v) is 3.39. The van der Waals surface area contributed by atoms with E-state index in [1.807, 2.05) is 30.5 Å². The van der Waals surface area contributed by atoms with Crippen molar-refractivity contribution in [1.29, 1.82) is 0 Å². The predicted octanol–water partition coefficient (Wildman–Crippen LogP) is 2.41. The minimum Gasteiger partial charge on any atom is -0.394 e. The summed E-state index contributed by atoms with van der Waals surface area (Å²) in [5.74, 6) is 0.623. The average molecular weight is 199 g/mol. The zero-order chi connectivity index (χ0) is 10.3. The van der Waals surface area contributed by atoms with Crippen molar-refractivity contribution < 1.29 is 4.52 Å². The molecule has 0 bridgehead atoms. The molecule has 0 aliphatic carbocycles. The van der Waals surface area contributed by atoms with Crippen LogP contribution in [0.15, 0.2) is 41.2 Å². The third-order valence-electron chi connectivity index (χ3n) is 2.41. The summed E-state index contributed by atoms with van der Waals surface area (Å²) in [6.45, 7) is 0. The first-order valence-electron chi connectivity index (χ1n) is 4.62. The predicted molar refractivity (Wildman–Crippen MR) is 58.2 cm³/mol. The second-order valence-electron chi connectivity index (χ2n) is 3.39. The molecule has 0 unspecified atom stereocenters. The summed E-state index contributed by atoms with van der Waals surface area (Å²) >= 11 is 0. The SMILES string of the molecule is Nc1cnoc1-c1ccc2[nH]ccc2c1. The number of H-pyrrole nitrogens is 1. The van der Waals surface area contributed by atoms with Crippen molar-refractivity contribution in [3.8, 4) is 11.3 Å². The Balaban J connectivity index is 2.23. The molecule has 2 heterocycles. The third-order valence-corrected chi connectivity index (χ3v) is 2.41. The minimum absolute atomic E-state index is 0.560. The van der Waals surface area contributed by atoms with Crippen LogP contribution in [-0.4, -0.2) is 10.1 Å². The van der Waals surface area contributed by atoms with Crippen molar-refractivity contribution in [3.63, 3.8) is 0 Å². The van der Waals surface area contributed by atoms with Gasteiger partial charge in [-0.1, -0.05) is 5.16 Å². The van der Waals surface area contributed by atoms with Gasteiger partial charge in [-0.25, -0.2) is 0 Å². The van der Waals surface area contributed by atoms with Crippen molar-refractivity contribution in [2.24, 2.45) is 0 Å². The molecule has 4 heteroatoms. The number of nitrogens with one attached hydrogen (secondary N) is 1. The molecule has 0 spiro atoms. The zero-order valence-corrected chi connectivity index (χ0v) is 7.90. The minimum atomic E-state index is 0.560. The summed E-state index contributed by atoms with van der Waals surface area (Å²) in [6.07, 6.45) is 3.41. The second kappa shape index (κ2) is 2.88. The average Bonchev–Trinajstić information content (AvgIpc) is 2.84. The molecular formula is C11H9N3O. The van der Waals surface area contributed by atoms with Crippen molar-refractivity contribution in [2.45, 2.75) is 0 Å². The number of fused-ring (bicyclic) bond motifs is 1. The number of nitrogens with zero attached hydrogens (tertiary/aromatic N) is 1. The quantitative estimate of drug-likeness (QED) is 0.632. The Labute approximate surface area is 85.7 Å². The van der Waals surface area contributed by atoms with Gasteiger partial charge in [-0.15, -0.1) is 0 Å². The molecule has 3 aromatic rings. The molecule has 0 aliphatic rings. The fourth-order valence-electron chi connectivity index (χ4n) is 1.66. The maximum atomic E-state index is 5.73. The van der Waals surface area contributed by atoms with E-state index in [0.717, 1.165) is 16.5 Å². The first-order valence-corrected chi connectivity index (χ1v) is 4.62.